The Hall–Kier alpha value is -2.17. The Balaban J connectivity index is 1.44. The molecule has 1 saturated carbocycles. The van der Waals surface area contributed by atoms with Crippen LogP contribution < -0.4 is 5.32 Å². The minimum Gasteiger partial charge on any atom is -0.351 e. The molecule has 0 bridgehead atoms. The molecule has 4 rings (SSSR count). The predicted octanol–water partition coefficient (Wildman–Crippen LogP) is 2.90. The topological polar surface area (TPSA) is 35.6 Å². The standard InChI is InChI=1S/C24H31N3O/c1-26(2)16-20-17-27(15-19-9-5-3-6-10-19)18-22(20)25-23(28)24(13-14-24)21-11-7-4-8-12-21/h3-12,20,22H,13-18H2,1-2H3,(H,25,28)/t20-,22-/m1/s1. The van der Waals surface area contributed by atoms with Crippen LogP contribution in [-0.2, 0) is 16.8 Å². The van der Waals surface area contributed by atoms with Crippen molar-refractivity contribution in [2.45, 2.75) is 30.8 Å². The van der Waals surface area contributed by atoms with Crippen LogP contribution in [0.3, 0.4) is 0 Å². The van der Waals surface area contributed by atoms with Gasteiger partial charge in [0.2, 0.25) is 5.91 Å². The van der Waals surface area contributed by atoms with Gasteiger partial charge >= 0.3 is 0 Å². The number of nitrogens with one attached hydrogen (secondary N) is 1. The predicted molar refractivity (Wildman–Crippen MR) is 113 cm³/mol. The molecule has 2 aromatic carbocycles. The Morgan fingerprint density at radius 3 is 2.29 bits per heavy atom. The second kappa shape index (κ2) is 8.06. The number of nitrogens with zero attached hydrogens (tertiary/aromatic N) is 2. The van der Waals surface area contributed by atoms with Gasteiger partial charge in [-0.15, -0.1) is 0 Å². The number of rotatable bonds is 7. The highest BCUT2D eigenvalue weighted by Gasteiger charge is 2.52. The minimum absolute atomic E-state index is 0.208. The molecule has 1 aliphatic carbocycles. The number of carbonyl (C=O) groups is 1. The maximum atomic E-state index is 13.2. The van der Waals surface area contributed by atoms with Gasteiger partial charge in [0.05, 0.1) is 5.41 Å². The van der Waals surface area contributed by atoms with Gasteiger partial charge in [-0.25, -0.2) is 0 Å². The van der Waals surface area contributed by atoms with E-state index < -0.39 is 0 Å². The molecule has 4 nitrogen and oxygen atoms in total. The first-order valence-electron chi connectivity index (χ1n) is 10.3. The van der Waals surface area contributed by atoms with E-state index in [1.165, 1.54) is 5.56 Å². The normalized spacial score (nSPS) is 23.7. The van der Waals surface area contributed by atoms with Crippen LogP contribution >= 0.6 is 0 Å². The summed E-state index contributed by atoms with van der Waals surface area (Å²) in [7, 11) is 4.23. The van der Waals surface area contributed by atoms with Crippen LogP contribution in [0.5, 0.6) is 0 Å². The molecule has 2 aliphatic rings. The first kappa shape index (κ1) is 19.2. The molecule has 4 heteroatoms. The van der Waals surface area contributed by atoms with Crippen molar-refractivity contribution in [1.82, 2.24) is 15.1 Å². The molecule has 1 amide bonds. The van der Waals surface area contributed by atoms with Crippen molar-refractivity contribution in [3.05, 3.63) is 71.8 Å². The maximum Gasteiger partial charge on any atom is 0.230 e. The summed E-state index contributed by atoms with van der Waals surface area (Å²) in [6.45, 7) is 3.88. The fraction of sp³-hybridized carbons (Fsp3) is 0.458. The molecule has 1 saturated heterocycles. The van der Waals surface area contributed by atoms with Gasteiger partial charge in [0.15, 0.2) is 0 Å². The van der Waals surface area contributed by atoms with Crippen molar-refractivity contribution < 1.29 is 4.79 Å². The van der Waals surface area contributed by atoms with E-state index in [-0.39, 0.29) is 17.4 Å². The second-order valence-electron chi connectivity index (χ2n) is 8.73. The average molecular weight is 378 g/mol. The third-order valence-corrected chi connectivity index (χ3v) is 6.19. The van der Waals surface area contributed by atoms with Crippen LogP contribution in [0.1, 0.15) is 24.0 Å². The number of amides is 1. The van der Waals surface area contributed by atoms with Gasteiger partial charge in [0, 0.05) is 38.1 Å². The van der Waals surface area contributed by atoms with Gasteiger partial charge in [0.1, 0.15) is 0 Å². The Bertz CT molecular complexity index is 786. The van der Waals surface area contributed by atoms with Gasteiger partial charge in [-0.05, 0) is 38.1 Å². The fourth-order valence-electron chi connectivity index (χ4n) is 4.58. The monoisotopic (exact) mass is 377 g/mol. The van der Waals surface area contributed by atoms with Gasteiger partial charge in [-0.1, -0.05) is 60.7 Å². The van der Waals surface area contributed by atoms with E-state index in [1.54, 1.807) is 0 Å². The largest absolute Gasteiger partial charge is 0.351 e. The van der Waals surface area contributed by atoms with Crippen LogP contribution in [0.4, 0.5) is 0 Å². The molecule has 0 aromatic heterocycles. The molecule has 1 N–H and O–H groups in total. The number of carbonyl (C=O) groups excluding carboxylic acids is 1. The molecule has 28 heavy (non-hydrogen) atoms. The number of benzene rings is 2. The molecule has 2 fully saturated rings. The van der Waals surface area contributed by atoms with E-state index in [0.717, 1.165) is 44.6 Å². The minimum atomic E-state index is -0.295. The lowest BCUT2D eigenvalue weighted by Crippen LogP contribution is -2.47. The quantitative estimate of drug-likeness (QED) is 0.806. The Morgan fingerprint density at radius 1 is 1.04 bits per heavy atom. The van der Waals surface area contributed by atoms with Crippen LogP contribution in [0.25, 0.3) is 0 Å². The van der Waals surface area contributed by atoms with Crippen LogP contribution in [0.15, 0.2) is 60.7 Å². The van der Waals surface area contributed by atoms with Gasteiger partial charge in [-0.2, -0.15) is 0 Å². The van der Waals surface area contributed by atoms with Crippen LogP contribution in [0.2, 0.25) is 0 Å². The highest BCUT2D eigenvalue weighted by molar-refractivity contribution is 5.91. The molecular formula is C24H31N3O. The maximum absolute atomic E-state index is 13.2. The number of likely N-dealkylation sites (tertiary alicyclic amines) is 1. The van der Waals surface area contributed by atoms with E-state index in [2.05, 4.69) is 71.7 Å². The lowest BCUT2D eigenvalue weighted by Gasteiger charge is -2.25. The van der Waals surface area contributed by atoms with Gasteiger partial charge < -0.3 is 10.2 Å². The summed E-state index contributed by atoms with van der Waals surface area (Å²) in [6, 6.07) is 21.1. The summed E-state index contributed by atoms with van der Waals surface area (Å²) in [5.41, 5.74) is 2.20. The lowest BCUT2D eigenvalue weighted by atomic mass is 9.93. The lowest BCUT2D eigenvalue weighted by molar-refractivity contribution is -0.124. The SMILES string of the molecule is CN(C)C[C@@H]1CN(Cc2ccccc2)C[C@H]1NC(=O)C1(c2ccccc2)CC1. The molecule has 0 radical (unpaired) electrons. The van der Waals surface area contributed by atoms with Crippen LogP contribution in [-0.4, -0.2) is 55.5 Å². The van der Waals surface area contributed by atoms with Crippen molar-refractivity contribution in [2.75, 3.05) is 33.7 Å². The van der Waals surface area contributed by atoms with Gasteiger partial charge in [-0.3, -0.25) is 9.69 Å². The van der Waals surface area contributed by atoms with Crippen molar-refractivity contribution in [3.8, 4) is 0 Å². The molecule has 2 atom stereocenters. The first-order valence-corrected chi connectivity index (χ1v) is 10.3. The van der Waals surface area contributed by atoms with Crippen LogP contribution in [0, 0.1) is 5.92 Å². The Labute approximate surface area is 168 Å². The molecule has 1 heterocycles. The zero-order valence-electron chi connectivity index (χ0n) is 17.0. The zero-order chi connectivity index (χ0) is 19.6. The van der Waals surface area contributed by atoms with E-state index >= 15 is 0 Å². The molecule has 0 spiro atoms. The van der Waals surface area contributed by atoms with Crippen molar-refractivity contribution >= 4 is 5.91 Å². The van der Waals surface area contributed by atoms with Crippen molar-refractivity contribution in [2.24, 2.45) is 5.92 Å². The smallest absolute Gasteiger partial charge is 0.230 e. The number of hydrogen-bond acceptors (Lipinski definition) is 3. The molecular weight excluding hydrogens is 346 g/mol. The molecule has 148 valence electrons. The summed E-state index contributed by atoms with van der Waals surface area (Å²) < 4.78 is 0. The third kappa shape index (κ3) is 4.13. The Kier molecular flexibility index (Phi) is 5.51. The zero-order valence-corrected chi connectivity index (χ0v) is 17.0. The molecule has 0 unspecified atom stereocenters. The van der Waals surface area contributed by atoms with E-state index in [4.69, 9.17) is 0 Å². The first-order chi connectivity index (χ1) is 13.6. The van der Waals surface area contributed by atoms with E-state index in [0.29, 0.717) is 5.92 Å². The summed E-state index contributed by atoms with van der Waals surface area (Å²) in [5, 5.41) is 3.44. The second-order valence-corrected chi connectivity index (χ2v) is 8.73. The van der Waals surface area contributed by atoms with E-state index in [9.17, 15) is 4.79 Å². The van der Waals surface area contributed by atoms with Gasteiger partial charge in [0.25, 0.3) is 0 Å². The third-order valence-electron chi connectivity index (χ3n) is 6.19. The summed E-state index contributed by atoms with van der Waals surface area (Å²) in [4.78, 5) is 18.0. The average Bonchev–Trinajstić information content (AvgIpc) is 3.43. The Morgan fingerprint density at radius 2 is 1.68 bits per heavy atom. The number of hydrogen-bond donors (Lipinski definition) is 1. The molecule has 1 aliphatic heterocycles. The van der Waals surface area contributed by atoms with Crippen molar-refractivity contribution in [3.63, 3.8) is 0 Å². The van der Waals surface area contributed by atoms with E-state index in [1.807, 2.05) is 18.2 Å². The fourth-order valence-corrected chi connectivity index (χ4v) is 4.58. The summed E-state index contributed by atoms with van der Waals surface area (Å²) in [6.07, 6.45) is 1.92. The summed E-state index contributed by atoms with van der Waals surface area (Å²) >= 11 is 0. The van der Waals surface area contributed by atoms with Crippen molar-refractivity contribution in [1.29, 1.82) is 0 Å². The highest BCUT2D eigenvalue weighted by atomic mass is 16.2. The summed E-state index contributed by atoms with van der Waals surface area (Å²) in [5.74, 6) is 0.670. The highest BCUT2D eigenvalue weighted by Crippen LogP contribution is 2.48. The molecule has 2 aromatic rings.